The predicted molar refractivity (Wildman–Crippen MR) is 79.7 cm³/mol. The molecule has 21 heavy (non-hydrogen) atoms. The van der Waals surface area contributed by atoms with Crippen LogP contribution in [0.1, 0.15) is 37.4 Å². The van der Waals surface area contributed by atoms with Gasteiger partial charge in [-0.05, 0) is 18.6 Å². The molecule has 0 aliphatic rings. The number of hydrogen-bond acceptors (Lipinski definition) is 4. The van der Waals surface area contributed by atoms with Crippen molar-refractivity contribution in [2.45, 2.75) is 25.8 Å². The van der Waals surface area contributed by atoms with E-state index in [1.807, 2.05) is 36.9 Å². The first-order chi connectivity index (χ1) is 10.2. The Labute approximate surface area is 124 Å². The Hall–Kier alpha value is -2.08. The Morgan fingerprint density at radius 3 is 2.95 bits per heavy atom. The number of imidazole rings is 1. The lowest BCUT2D eigenvalue weighted by molar-refractivity contribution is -0.121. The first-order valence-electron chi connectivity index (χ1n) is 7.23. The normalized spacial score (nSPS) is 12.3. The lowest BCUT2D eigenvalue weighted by atomic mass is 10.2. The second-order valence-corrected chi connectivity index (χ2v) is 4.90. The summed E-state index contributed by atoms with van der Waals surface area (Å²) in [5.74, 6) is 1.71. The average Bonchev–Trinajstić information content (AvgIpc) is 3.13. The van der Waals surface area contributed by atoms with Crippen molar-refractivity contribution in [1.29, 1.82) is 0 Å². The molecular weight excluding hydrogens is 268 g/mol. The maximum absolute atomic E-state index is 11.6. The van der Waals surface area contributed by atoms with Crippen LogP contribution in [0.15, 0.2) is 35.2 Å². The van der Waals surface area contributed by atoms with Gasteiger partial charge in [-0.3, -0.25) is 4.79 Å². The molecule has 2 aromatic heterocycles. The van der Waals surface area contributed by atoms with Gasteiger partial charge in [0.2, 0.25) is 5.91 Å². The Morgan fingerprint density at radius 2 is 2.33 bits per heavy atom. The Kier molecular flexibility index (Phi) is 5.57. The topological polar surface area (TPSA) is 72.1 Å². The van der Waals surface area contributed by atoms with E-state index in [-0.39, 0.29) is 11.9 Å². The lowest BCUT2D eigenvalue weighted by Gasteiger charge is -2.16. The van der Waals surface area contributed by atoms with Crippen molar-refractivity contribution in [2.24, 2.45) is 7.05 Å². The average molecular weight is 290 g/mol. The molecule has 0 bridgehead atoms. The number of nitrogens with one attached hydrogen (secondary N) is 2. The number of nitrogens with zero attached hydrogens (tertiary/aromatic N) is 2. The standard InChI is InChI=1S/C15H22N4O2/c1-3-7-16-13(20)6-8-17-14(12-5-4-11-21-12)15-18-9-10-19(15)2/h4-5,9-11,14,17H,3,6-8H2,1-2H3,(H,16,20). The molecule has 1 unspecified atom stereocenters. The molecule has 2 N–H and O–H groups in total. The fourth-order valence-electron chi connectivity index (χ4n) is 2.11. The number of carbonyl (C=O) groups excluding carboxylic acids is 1. The molecule has 0 radical (unpaired) electrons. The van der Waals surface area contributed by atoms with Gasteiger partial charge in [0.1, 0.15) is 17.6 Å². The van der Waals surface area contributed by atoms with Crippen molar-refractivity contribution >= 4 is 5.91 Å². The number of carbonyl (C=O) groups is 1. The fraction of sp³-hybridized carbons (Fsp3) is 0.467. The molecule has 1 atom stereocenters. The van der Waals surface area contributed by atoms with Crippen LogP contribution < -0.4 is 10.6 Å². The van der Waals surface area contributed by atoms with E-state index in [2.05, 4.69) is 15.6 Å². The van der Waals surface area contributed by atoms with Gasteiger partial charge in [-0.25, -0.2) is 4.98 Å². The van der Waals surface area contributed by atoms with Crippen LogP contribution in [0.3, 0.4) is 0 Å². The Bertz CT molecular complexity index is 548. The molecule has 2 rings (SSSR count). The van der Waals surface area contributed by atoms with Crippen molar-refractivity contribution in [3.05, 3.63) is 42.4 Å². The maximum atomic E-state index is 11.6. The third-order valence-corrected chi connectivity index (χ3v) is 3.22. The minimum absolute atomic E-state index is 0.0578. The van der Waals surface area contributed by atoms with E-state index in [9.17, 15) is 4.79 Å². The summed E-state index contributed by atoms with van der Waals surface area (Å²) in [5.41, 5.74) is 0. The molecule has 6 nitrogen and oxygen atoms in total. The zero-order valence-corrected chi connectivity index (χ0v) is 12.5. The zero-order valence-electron chi connectivity index (χ0n) is 12.5. The van der Waals surface area contributed by atoms with Gasteiger partial charge in [0, 0.05) is 39.0 Å². The smallest absolute Gasteiger partial charge is 0.221 e. The quantitative estimate of drug-likeness (QED) is 0.775. The van der Waals surface area contributed by atoms with Gasteiger partial charge in [-0.15, -0.1) is 0 Å². The van der Waals surface area contributed by atoms with E-state index in [0.717, 1.165) is 24.6 Å². The molecular formula is C15H22N4O2. The summed E-state index contributed by atoms with van der Waals surface area (Å²) in [5, 5.41) is 6.20. The van der Waals surface area contributed by atoms with E-state index in [1.54, 1.807) is 12.5 Å². The van der Waals surface area contributed by atoms with Crippen molar-refractivity contribution < 1.29 is 9.21 Å². The summed E-state index contributed by atoms with van der Waals surface area (Å²) in [6.45, 7) is 3.32. The van der Waals surface area contributed by atoms with Crippen LogP contribution >= 0.6 is 0 Å². The second-order valence-electron chi connectivity index (χ2n) is 4.90. The van der Waals surface area contributed by atoms with Crippen LogP contribution in [-0.4, -0.2) is 28.5 Å². The molecule has 0 aromatic carbocycles. The molecule has 1 amide bonds. The summed E-state index contributed by atoms with van der Waals surface area (Å²) >= 11 is 0. The number of rotatable bonds is 8. The highest BCUT2D eigenvalue weighted by atomic mass is 16.3. The van der Waals surface area contributed by atoms with Gasteiger partial charge in [-0.1, -0.05) is 6.92 Å². The summed E-state index contributed by atoms with van der Waals surface area (Å²) in [7, 11) is 1.94. The van der Waals surface area contributed by atoms with E-state index in [4.69, 9.17) is 4.42 Å². The zero-order chi connectivity index (χ0) is 15.1. The third kappa shape index (κ3) is 4.19. The summed E-state index contributed by atoms with van der Waals surface area (Å²) < 4.78 is 7.42. The largest absolute Gasteiger partial charge is 0.467 e. The van der Waals surface area contributed by atoms with Gasteiger partial charge >= 0.3 is 0 Å². The highest BCUT2D eigenvalue weighted by Gasteiger charge is 2.20. The van der Waals surface area contributed by atoms with E-state index in [0.29, 0.717) is 13.0 Å². The SMILES string of the molecule is CCCNC(=O)CCNC(c1ccco1)c1nccn1C. The van der Waals surface area contributed by atoms with E-state index >= 15 is 0 Å². The van der Waals surface area contributed by atoms with Crippen molar-refractivity contribution in [3.8, 4) is 0 Å². The third-order valence-electron chi connectivity index (χ3n) is 3.22. The van der Waals surface area contributed by atoms with E-state index < -0.39 is 0 Å². The predicted octanol–water partition coefficient (Wildman–Crippen LogP) is 1.61. The minimum Gasteiger partial charge on any atom is -0.467 e. The second kappa shape index (κ2) is 7.64. The number of furan rings is 1. The molecule has 2 heterocycles. The van der Waals surface area contributed by atoms with Crippen LogP contribution in [0, 0.1) is 0 Å². The maximum Gasteiger partial charge on any atom is 0.221 e. The molecule has 0 aliphatic heterocycles. The Balaban J connectivity index is 1.95. The van der Waals surface area contributed by atoms with Crippen LogP contribution in [-0.2, 0) is 11.8 Å². The molecule has 114 valence electrons. The first kappa shape index (κ1) is 15.3. The molecule has 0 aliphatic carbocycles. The summed E-state index contributed by atoms with van der Waals surface area (Å²) in [6, 6.07) is 3.60. The van der Waals surface area contributed by atoms with E-state index in [1.165, 1.54) is 0 Å². The minimum atomic E-state index is -0.154. The van der Waals surface area contributed by atoms with Gasteiger partial charge in [0.25, 0.3) is 0 Å². The van der Waals surface area contributed by atoms with Gasteiger partial charge in [0.05, 0.1) is 6.26 Å². The molecule has 0 saturated heterocycles. The number of aryl methyl sites for hydroxylation is 1. The van der Waals surface area contributed by atoms with Gasteiger partial charge in [0.15, 0.2) is 0 Å². The van der Waals surface area contributed by atoms with Crippen molar-refractivity contribution in [1.82, 2.24) is 20.2 Å². The highest BCUT2D eigenvalue weighted by Crippen LogP contribution is 2.20. The lowest BCUT2D eigenvalue weighted by Crippen LogP contribution is -2.31. The van der Waals surface area contributed by atoms with Crippen LogP contribution in [0.4, 0.5) is 0 Å². The summed E-state index contributed by atoms with van der Waals surface area (Å²) in [6.07, 6.45) is 6.66. The van der Waals surface area contributed by atoms with Crippen molar-refractivity contribution in [3.63, 3.8) is 0 Å². The fourth-order valence-corrected chi connectivity index (χ4v) is 2.11. The monoisotopic (exact) mass is 290 g/mol. The molecule has 2 aromatic rings. The van der Waals surface area contributed by atoms with Crippen LogP contribution in [0.2, 0.25) is 0 Å². The van der Waals surface area contributed by atoms with Crippen molar-refractivity contribution in [2.75, 3.05) is 13.1 Å². The van der Waals surface area contributed by atoms with Gasteiger partial charge in [-0.2, -0.15) is 0 Å². The highest BCUT2D eigenvalue weighted by molar-refractivity contribution is 5.75. The molecule has 0 spiro atoms. The number of hydrogen-bond donors (Lipinski definition) is 2. The molecule has 6 heteroatoms. The summed E-state index contributed by atoms with van der Waals surface area (Å²) in [4.78, 5) is 16.0. The Morgan fingerprint density at radius 1 is 1.48 bits per heavy atom. The first-order valence-corrected chi connectivity index (χ1v) is 7.23. The molecule has 0 saturated carbocycles. The molecule has 0 fully saturated rings. The van der Waals surface area contributed by atoms with Crippen LogP contribution in [0.25, 0.3) is 0 Å². The number of amides is 1. The van der Waals surface area contributed by atoms with Crippen LogP contribution in [0.5, 0.6) is 0 Å². The number of aromatic nitrogens is 2. The van der Waals surface area contributed by atoms with Gasteiger partial charge < -0.3 is 19.6 Å².